The maximum absolute atomic E-state index is 2.42. The molecule has 10 aromatic rings. The van der Waals surface area contributed by atoms with Crippen LogP contribution in [0.2, 0.25) is 0 Å². The van der Waals surface area contributed by atoms with Crippen molar-refractivity contribution in [3.63, 3.8) is 0 Å². The molecule has 0 aliphatic heterocycles. The molecule has 0 unspecified atom stereocenters. The summed E-state index contributed by atoms with van der Waals surface area (Å²) in [7, 11) is 0. The molecule has 9 aromatic carbocycles. The third-order valence-corrected chi connectivity index (χ3v) is 11.6. The predicted octanol–water partition coefficient (Wildman–Crippen LogP) is 15.3. The second kappa shape index (κ2) is 13.7. The van der Waals surface area contributed by atoms with Gasteiger partial charge < -0.3 is 4.90 Å². The highest BCUT2D eigenvalue weighted by Gasteiger charge is 2.19. The van der Waals surface area contributed by atoms with E-state index in [0.717, 1.165) is 11.4 Å². The van der Waals surface area contributed by atoms with E-state index in [0.29, 0.717) is 0 Å². The summed E-state index contributed by atoms with van der Waals surface area (Å²) in [5.41, 5.74) is 13.1. The summed E-state index contributed by atoms with van der Waals surface area (Å²) in [6, 6.07) is 77.1. The topological polar surface area (TPSA) is 3.24 Å². The van der Waals surface area contributed by atoms with Crippen LogP contribution in [0.1, 0.15) is 0 Å². The lowest BCUT2D eigenvalue weighted by Crippen LogP contribution is -2.10. The van der Waals surface area contributed by atoms with E-state index < -0.39 is 0 Å². The van der Waals surface area contributed by atoms with Crippen LogP contribution in [0, 0.1) is 0 Å². The van der Waals surface area contributed by atoms with Crippen LogP contribution in [0.3, 0.4) is 0 Å². The zero-order valence-electron chi connectivity index (χ0n) is 29.6. The molecule has 0 aliphatic rings. The van der Waals surface area contributed by atoms with Crippen LogP contribution in [0.25, 0.3) is 75.5 Å². The molecular formula is C52H35NS. The van der Waals surface area contributed by atoms with Crippen molar-refractivity contribution in [3.8, 4) is 44.5 Å². The number of benzene rings is 9. The van der Waals surface area contributed by atoms with Gasteiger partial charge in [-0.3, -0.25) is 0 Å². The Morgan fingerprint density at radius 1 is 0.315 bits per heavy atom. The largest absolute Gasteiger partial charge is 0.310 e. The van der Waals surface area contributed by atoms with Gasteiger partial charge in [-0.2, -0.15) is 0 Å². The molecule has 1 heterocycles. The molecular weight excluding hydrogens is 671 g/mol. The van der Waals surface area contributed by atoms with Gasteiger partial charge in [-0.25, -0.2) is 0 Å². The fraction of sp³-hybridized carbons (Fsp3) is 0. The van der Waals surface area contributed by atoms with Gasteiger partial charge in [-0.1, -0.05) is 164 Å². The van der Waals surface area contributed by atoms with Gasteiger partial charge in [-0.05, 0) is 104 Å². The molecule has 0 saturated heterocycles. The highest BCUT2D eigenvalue weighted by atomic mass is 32.1. The van der Waals surface area contributed by atoms with Gasteiger partial charge in [0.2, 0.25) is 0 Å². The Hall–Kier alpha value is -6.74. The minimum atomic E-state index is 1.12. The van der Waals surface area contributed by atoms with Crippen molar-refractivity contribution in [2.24, 2.45) is 0 Å². The standard InChI is InChI=1S/C52H35NS/c1-2-13-36(14-3-1)37-27-31-42(32-28-37)53(49-24-12-26-51-52(49)48-22-8-9-25-50(48)54-51)43-33-29-39(30-34-43)45-20-6-7-21-46(45)40-17-10-18-41(35-40)47-23-11-16-38-15-4-5-19-44(38)47/h1-35H. The Balaban J connectivity index is 1.07. The zero-order chi connectivity index (χ0) is 35.8. The Morgan fingerprint density at radius 3 is 1.59 bits per heavy atom. The molecule has 2 heteroatoms. The molecule has 54 heavy (non-hydrogen) atoms. The summed E-state index contributed by atoms with van der Waals surface area (Å²) in [5, 5.41) is 5.10. The van der Waals surface area contributed by atoms with Gasteiger partial charge in [-0.15, -0.1) is 11.3 Å². The summed E-state index contributed by atoms with van der Waals surface area (Å²) < 4.78 is 2.59. The van der Waals surface area contributed by atoms with Gasteiger partial charge in [0.15, 0.2) is 0 Å². The van der Waals surface area contributed by atoms with Crippen molar-refractivity contribution in [2.45, 2.75) is 0 Å². The molecule has 0 radical (unpaired) electrons. The van der Waals surface area contributed by atoms with E-state index in [9.17, 15) is 0 Å². The van der Waals surface area contributed by atoms with E-state index in [1.54, 1.807) is 0 Å². The van der Waals surface area contributed by atoms with Crippen molar-refractivity contribution < 1.29 is 0 Å². The van der Waals surface area contributed by atoms with E-state index in [4.69, 9.17) is 0 Å². The van der Waals surface area contributed by atoms with Crippen molar-refractivity contribution in [1.29, 1.82) is 0 Å². The van der Waals surface area contributed by atoms with E-state index in [1.165, 1.54) is 81.1 Å². The molecule has 0 N–H and O–H groups in total. The Kier molecular flexibility index (Phi) is 8.09. The van der Waals surface area contributed by atoms with Crippen molar-refractivity contribution >= 4 is 59.3 Å². The average molecular weight is 706 g/mol. The number of anilines is 3. The lowest BCUT2D eigenvalue weighted by molar-refractivity contribution is 1.30. The van der Waals surface area contributed by atoms with E-state index in [2.05, 4.69) is 217 Å². The SMILES string of the molecule is c1ccc(-c2ccc(N(c3ccc(-c4ccccc4-c4cccc(-c5cccc6ccccc56)c4)cc3)c3cccc4sc5ccccc5c34)cc2)cc1. The zero-order valence-corrected chi connectivity index (χ0v) is 30.4. The van der Waals surface area contributed by atoms with Gasteiger partial charge in [0, 0.05) is 31.5 Å². The second-order valence-corrected chi connectivity index (χ2v) is 14.8. The smallest absolute Gasteiger partial charge is 0.0554 e. The summed E-state index contributed by atoms with van der Waals surface area (Å²) >= 11 is 1.86. The number of hydrogen-bond acceptors (Lipinski definition) is 2. The molecule has 0 bridgehead atoms. The first-order chi connectivity index (χ1) is 26.8. The Bertz CT molecular complexity index is 2920. The number of fused-ring (bicyclic) bond motifs is 4. The highest BCUT2D eigenvalue weighted by molar-refractivity contribution is 7.26. The molecule has 0 fully saturated rings. The highest BCUT2D eigenvalue weighted by Crippen LogP contribution is 2.45. The molecule has 0 aliphatic carbocycles. The second-order valence-electron chi connectivity index (χ2n) is 13.7. The van der Waals surface area contributed by atoms with Gasteiger partial charge in [0.1, 0.15) is 0 Å². The summed E-state index contributed by atoms with van der Waals surface area (Å²) in [6.07, 6.45) is 0. The third kappa shape index (κ3) is 5.74. The Morgan fingerprint density at radius 2 is 0.815 bits per heavy atom. The maximum Gasteiger partial charge on any atom is 0.0554 e. The maximum atomic E-state index is 2.42. The first kappa shape index (κ1) is 32.0. The minimum absolute atomic E-state index is 1.12. The molecule has 0 atom stereocenters. The first-order valence-corrected chi connectivity index (χ1v) is 19.2. The average Bonchev–Trinajstić information content (AvgIpc) is 3.64. The Labute approximate surface area is 319 Å². The molecule has 0 spiro atoms. The van der Waals surface area contributed by atoms with Crippen LogP contribution >= 0.6 is 11.3 Å². The molecule has 1 aromatic heterocycles. The summed E-state index contributed by atoms with van der Waals surface area (Å²) in [5.74, 6) is 0. The van der Waals surface area contributed by atoms with E-state index >= 15 is 0 Å². The van der Waals surface area contributed by atoms with Gasteiger partial charge in [0.25, 0.3) is 0 Å². The number of thiophene rings is 1. The quantitative estimate of drug-likeness (QED) is 0.160. The van der Waals surface area contributed by atoms with Crippen LogP contribution in [0.15, 0.2) is 212 Å². The summed E-state index contributed by atoms with van der Waals surface area (Å²) in [6.45, 7) is 0. The normalized spacial score (nSPS) is 11.3. The molecule has 1 nitrogen and oxygen atoms in total. The minimum Gasteiger partial charge on any atom is -0.310 e. The monoisotopic (exact) mass is 705 g/mol. The molecule has 254 valence electrons. The molecule has 0 amide bonds. The predicted molar refractivity (Wildman–Crippen MR) is 233 cm³/mol. The number of hydrogen-bond donors (Lipinski definition) is 0. The lowest BCUT2D eigenvalue weighted by atomic mass is 9.91. The number of rotatable bonds is 7. The van der Waals surface area contributed by atoms with Crippen LogP contribution in [0.4, 0.5) is 17.1 Å². The van der Waals surface area contributed by atoms with Gasteiger partial charge >= 0.3 is 0 Å². The lowest BCUT2D eigenvalue weighted by Gasteiger charge is -2.27. The van der Waals surface area contributed by atoms with E-state index in [1.807, 2.05) is 11.3 Å². The van der Waals surface area contributed by atoms with Crippen molar-refractivity contribution in [3.05, 3.63) is 212 Å². The van der Waals surface area contributed by atoms with Crippen LogP contribution < -0.4 is 4.90 Å². The van der Waals surface area contributed by atoms with Crippen molar-refractivity contribution in [1.82, 2.24) is 0 Å². The fourth-order valence-corrected chi connectivity index (χ4v) is 9.04. The summed E-state index contributed by atoms with van der Waals surface area (Å²) in [4.78, 5) is 2.42. The van der Waals surface area contributed by atoms with Crippen LogP contribution in [-0.2, 0) is 0 Å². The van der Waals surface area contributed by atoms with Crippen LogP contribution in [0.5, 0.6) is 0 Å². The van der Waals surface area contributed by atoms with Crippen molar-refractivity contribution in [2.75, 3.05) is 4.90 Å². The first-order valence-electron chi connectivity index (χ1n) is 18.4. The molecule has 0 saturated carbocycles. The third-order valence-electron chi connectivity index (χ3n) is 10.5. The fourth-order valence-electron chi connectivity index (χ4n) is 7.91. The van der Waals surface area contributed by atoms with Crippen LogP contribution in [-0.4, -0.2) is 0 Å². The van der Waals surface area contributed by atoms with Gasteiger partial charge in [0.05, 0.1) is 5.69 Å². The molecule has 10 rings (SSSR count). The number of nitrogens with zero attached hydrogens (tertiary/aromatic N) is 1. The van der Waals surface area contributed by atoms with E-state index in [-0.39, 0.29) is 0 Å².